The van der Waals surface area contributed by atoms with E-state index in [4.69, 9.17) is 0 Å². The second kappa shape index (κ2) is 7.96. The molecule has 3 N–H and O–H groups in total. The van der Waals surface area contributed by atoms with E-state index in [-0.39, 0.29) is 36.7 Å². The van der Waals surface area contributed by atoms with Crippen LogP contribution in [-0.4, -0.2) is 45.6 Å². The highest BCUT2D eigenvalue weighted by atomic mass is 16.2. The summed E-state index contributed by atoms with van der Waals surface area (Å²) < 4.78 is 0. The van der Waals surface area contributed by atoms with E-state index in [0.29, 0.717) is 0 Å². The van der Waals surface area contributed by atoms with Crippen LogP contribution in [0.15, 0.2) is 54.9 Å². The Morgan fingerprint density at radius 1 is 1.03 bits per heavy atom. The summed E-state index contributed by atoms with van der Waals surface area (Å²) in [7, 11) is 0. The molecule has 3 unspecified atom stereocenters. The second-order valence-corrected chi connectivity index (χ2v) is 8.75. The fraction of sp³-hybridized carbons (Fsp3) is 0.333. The van der Waals surface area contributed by atoms with E-state index in [1.807, 2.05) is 37.4 Å². The number of nitrogens with zero attached hydrogens (tertiary/aromatic N) is 3. The van der Waals surface area contributed by atoms with Gasteiger partial charge in [0, 0.05) is 18.1 Å². The molecule has 2 saturated heterocycles. The molecule has 2 aromatic carbocycles. The summed E-state index contributed by atoms with van der Waals surface area (Å²) >= 11 is 0. The average molecular weight is 433 g/mol. The highest BCUT2D eigenvalue weighted by Crippen LogP contribution is 2.35. The van der Waals surface area contributed by atoms with Gasteiger partial charge in [0.25, 0.3) is 0 Å². The number of urea groups is 1. The van der Waals surface area contributed by atoms with Crippen LogP contribution in [0.3, 0.4) is 0 Å². The quantitative estimate of drug-likeness (QED) is 0.692. The lowest BCUT2D eigenvalue weighted by Gasteiger charge is -2.34. The number of carbonyl (C=O) groups is 2. The molecule has 3 aliphatic rings. The summed E-state index contributed by atoms with van der Waals surface area (Å²) in [4.78, 5) is 27.2. The van der Waals surface area contributed by atoms with Gasteiger partial charge in [-0.2, -0.15) is 0 Å². The van der Waals surface area contributed by atoms with Gasteiger partial charge in [-0.25, -0.2) is 20.7 Å². The molecule has 2 fully saturated rings. The SMILES string of the molecule is Cc1ccc(C2CC3C4NN(CC(=O)Nc5ccccc5C)C(=O)N4C=CN3N2)cc1C. The number of aryl methyl sites for hydroxylation is 3. The first-order valence-corrected chi connectivity index (χ1v) is 10.9. The minimum Gasteiger partial charge on any atom is -0.324 e. The number of amides is 3. The molecule has 166 valence electrons. The highest BCUT2D eigenvalue weighted by Gasteiger charge is 2.48. The molecule has 0 aliphatic carbocycles. The van der Waals surface area contributed by atoms with Crippen molar-refractivity contribution in [3.63, 3.8) is 0 Å². The van der Waals surface area contributed by atoms with Gasteiger partial charge in [0.2, 0.25) is 5.91 Å². The molecule has 2 aromatic rings. The molecule has 8 heteroatoms. The van der Waals surface area contributed by atoms with E-state index in [1.54, 1.807) is 11.1 Å². The van der Waals surface area contributed by atoms with Crippen LogP contribution in [0.1, 0.15) is 34.7 Å². The summed E-state index contributed by atoms with van der Waals surface area (Å²) in [6, 6.07) is 14.1. The predicted molar refractivity (Wildman–Crippen MR) is 122 cm³/mol. The molecule has 8 nitrogen and oxygen atoms in total. The second-order valence-electron chi connectivity index (χ2n) is 8.75. The van der Waals surface area contributed by atoms with E-state index in [0.717, 1.165) is 17.7 Å². The van der Waals surface area contributed by atoms with E-state index in [2.05, 4.69) is 53.2 Å². The summed E-state index contributed by atoms with van der Waals surface area (Å²) in [5.41, 5.74) is 12.3. The number of rotatable bonds is 4. The lowest BCUT2D eigenvalue weighted by Crippen LogP contribution is -2.54. The Bertz CT molecular complexity index is 1100. The normalized spacial score (nSPS) is 24.0. The van der Waals surface area contributed by atoms with Gasteiger partial charge in [0.1, 0.15) is 12.7 Å². The Balaban J connectivity index is 1.27. The van der Waals surface area contributed by atoms with Gasteiger partial charge in [0.15, 0.2) is 0 Å². The molecule has 3 heterocycles. The van der Waals surface area contributed by atoms with Crippen molar-refractivity contribution in [3.05, 3.63) is 77.1 Å². The molecule has 0 saturated carbocycles. The first kappa shape index (κ1) is 20.5. The molecular formula is C24H28N6O2. The number of fused-ring (bicyclic) bond motifs is 3. The predicted octanol–water partition coefficient (Wildman–Crippen LogP) is 2.92. The summed E-state index contributed by atoms with van der Waals surface area (Å²) in [6.07, 6.45) is 4.28. The fourth-order valence-corrected chi connectivity index (χ4v) is 4.58. The molecule has 32 heavy (non-hydrogen) atoms. The largest absolute Gasteiger partial charge is 0.340 e. The van der Waals surface area contributed by atoms with Crippen LogP contribution in [0.25, 0.3) is 0 Å². The van der Waals surface area contributed by atoms with E-state index in [9.17, 15) is 9.59 Å². The van der Waals surface area contributed by atoms with Gasteiger partial charge < -0.3 is 10.3 Å². The number of para-hydroxylation sites is 1. The minimum atomic E-state index is -0.238. The monoisotopic (exact) mass is 432 g/mol. The topological polar surface area (TPSA) is 80.0 Å². The maximum atomic E-state index is 12.9. The molecule has 0 spiro atoms. The molecule has 0 radical (unpaired) electrons. The van der Waals surface area contributed by atoms with Crippen LogP contribution in [0.2, 0.25) is 0 Å². The molecule has 3 atom stereocenters. The van der Waals surface area contributed by atoms with Gasteiger partial charge in [-0.3, -0.25) is 9.69 Å². The minimum absolute atomic E-state index is 0.0555. The van der Waals surface area contributed by atoms with Crippen molar-refractivity contribution in [2.75, 3.05) is 11.9 Å². The smallest absolute Gasteiger partial charge is 0.324 e. The van der Waals surface area contributed by atoms with Crippen molar-refractivity contribution in [2.24, 2.45) is 0 Å². The third-order valence-electron chi connectivity index (χ3n) is 6.59. The van der Waals surface area contributed by atoms with Gasteiger partial charge in [-0.15, -0.1) is 0 Å². The summed E-state index contributed by atoms with van der Waals surface area (Å²) in [6.45, 7) is 6.12. The number of benzene rings is 2. The number of carbonyl (C=O) groups excluding carboxylic acids is 2. The first-order valence-electron chi connectivity index (χ1n) is 10.9. The zero-order valence-corrected chi connectivity index (χ0v) is 18.5. The van der Waals surface area contributed by atoms with E-state index >= 15 is 0 Å². The van der Waals surface area contributed by atoms with Gasteiger partial charge in [0.05, 0.1) is 12.1 Å². The van der Waals surface area contributed by atoms with Crippen molar-refractivity contribution in [1.29, 1.82) is 0 Å². The van der Waals surface area contributed by atoms with Crippen LogP contribution in [0, 0.1) is 20.8 Å². The zero-order chi connectivity index (χ0) is 22.4. The Hall–Kier alpha value is -3.36. The standard InChI is InChI=1S/C24H28N6O2/c1-15-8-9-18(12-17(15)3)20-13-21-23-27-30(24(32)28(23)10-11-29(21)26-20)14-22(31)25-19-7-5-4-6-16(19)2/h4-12,20-21,23,26-27H,13-14H2,1-3H3,(H,25,31). The Morgan fingerprint density at radius 2 is 1.84 bits per heavy atom. The molecule has 0 bridgehead atoms. The molecule has 3 aliphatic heterocycles. The summed E-state index contributed by atoms with van der Waals surface area (Å²) in [5.74, 6) is -0.238. The molecule has 3 amide bonds. The van der Waals surface area contributed by atoms with Gasteiger partial charge in [-0.05, 0) is 55.5 Å². The highest BCUT2D eigenvalue weighted by molar-refractivity contribution is 5.95. The van der Waals surface area contributed by atoms with Crippen molar-refractivity contribution in [2.45, 2.75) is 45.4 Å². The number of hydrogen-bond donors (Lipinski definition) is 3. The van der Waals surface area contributed by atoms with Gasteiger partial charge in [-0.1, -0.05) is 36.4 Å². The van der Waals surface area contributed by atoms with E-state index in [1.165, 1.54) is 21.7 Å². The molecule has 5 rings (SSSR count). The molecular weight excluding hydrogens is 404 g/mol. The maximum absolute atomic E-state index is 12.9. The number of nitrogens with one attached hydrogen (secondary N) is 3. The van der Waals surface area contributed by atoms with Crippen LogP contribution in [0.4, 0.5) is 10.5 Å². The number of hydrogen-bond acceptors (Lipinski definition) is 5. The fourth-order valence-electron chi connectivity index (χ4n) is 4.58. The van der Waals surface area contributed by atoms with Crippen LogP contribution in [0.5, 0.6) is 0 Å². The average Bonchev–Trinajstić information content (AvgIpc) is 3.33. The maximum Gasteiger partial charge on any atom is 0.340 e. The Labute approximate surface area is 187 Å². The van der Waals surface area contributed by atoms with Gasteiger partial charge >= 0.3 is 6.03 Å². The lowest BCUT2D eigenvalue weighted by molar-refractivity contribution is -0.117. The van der Waals surface area contributed by atoms with E-state index < -0.39 is 0 Å². The van der Waals surface area contributed by atoms with Crippen LogP contribution < -0.4 is 16.2 Å². The number of anilines is 1. The van der Waals surface area contributed by atoms with Crippen LogP contribution >= 0.6 is 0 Å². The lowest BCUT2D eigenvalue weighted by atomic mass is 9.97. The third kappa shape index (κ3) is 3.61. The van der Waals surface area contributed by atoms with Crippen molar-refractivity contribution in [1.82, 2.24) is 25.8 Å². The van der Waals surface area contributed by atoms with Crippen molar-refractivity contribution in [3.8, 4) is 0 Å². The zero-order valence-electron chi connectivity index (χ0n) is 18.5. The Morgan fingerprint density at radius 3 is 2.62 bits per heavy atom. The number of hydrazine groups is 2. The molecule has 0 aromatic heterocycles. The van der Waals surface area contributed by atoms with Crippen molar-refractivity contribution < 1.29 is 9.59 Å². The Kier molecular flexibility index (Phi) is 5.11. The first-order chi connectivity index (χ1) is 15.4. The van der Waals surface area contributed by atoms with Crippen molar-refractivity contribution >= 4 is 17.6 Å². The third-order valence-corrected chi connectivity index (χ3v) is 6.59. The van der Waals surface area contributed by atoms with Crippen LogP contribution in [-0.2, 0) is 4.79 Å². The summed E-state index contributed by atoms with van der Waals surface area (Å²) in [5, 5.41) is 6.36.